The third-order valence-electron chi connectivity index (χ3n) is 7.56. The highest BCUT2D eigenvalue weighted by molar-refractivity contribution is 5.85. The molecule has 218 valence electrons. The molecule has 0 aliphatic carbocycles. The largest absolute Gasteiger partial charge is 0.493 e. The van der Waals surface area contributed by atoms with Crippen LogP contribution in [0.5, 0.6) is 11.6 Å². The van der Waals surface area contributed by atoms with Crippen LogP contribution in [0.25, 0.3) is 17.0 Å². The normalized spacial score (nSPS) is 18.0. The lowest BCUT2D eigenvalue weighted by molar-refractivity contribution is 0.0110. The monoisotopic (exact) mass is 565 g/mol. The summed E-state index contributed by atoms with van der Waals surface area (Å²) in [4.78, 5) is 22.0. The van der Waals surface area contributed by atoms with Gasteiger partial charge in [-0.1, -0.05) is 12.2 Å². The Balaban J connectivity index is 1.26. The van der Waals surface area contributed by atoms with Crippen LogP contribution in [0.4, 0.5) is 13.6 Å². The maximum atomic E-state index is 14.1. The summed E-state index contributed by atoms with van der Waals surface area (Å²) < 4.78 is 44.8. The predicted molar refractivity (Wildman–Crippen MR) is 154 cm³/mol. The van der Waals surface area contributed by atoms with E-state index in [1.165, 1.54) is 6.08 Å². The summed E-state index contributed by atoms with van der Waals surface area (Å²) in [5.74, 6) is 0.597. The molecule has 0 spiro atoms. The molecule has 2 aliphatic heterocycles. The second-order valence-corrected chi connectivity index (χ2v) is 11.6. The molecule has 5 rings (SSSR count). The van der Waals surface area contributed by atoms with E-state index in [-0.39, 0.29) is 24.1 Å². The van der Waals surface area contributed by atoms with E-state index in [2.05, 4.69) is 4.90 Å². The maximum Gasteiger partial charge on any atom is 0.410 e. The second-order valence-electron chi connectivity index (χ2n) is 11.6. The zero-order valence-corrected chi connectivity index (χ0v) is 24.0. The van der Waals surface area contributed by atoms with Crippen molar-refractivity contribution in [2.45, 2.75) is 51.2 Å². The van der Waals surface area contributed by atoms with Crippen molar-refractivity contribution in [2.24, 2.45) is 0 Å². The van der Waals surface area contributed by atoms with Crippen LogP contribution in [-0.2, 0) is 4.74 Å². The number of fused-ring (bicyclic) bond motifs is 3. The third-order valence-corrected chi connectivity index (χ3v) is 7.56. The van der Waals surface area contributed by atoms with Gasteiger partial charge in [-0.05, 0) is 70.0 Å². The number of ether oxygens (including phenoxy) is 3. The van der Waals surface area contributed by atoms with Gasteiger partial charge in [0.15, 0.2) is 0 Å². The fraction of sp³-hybridized carbons (Fsp3) is 0.438. The number of carbonyl (C=O) groups excluding carboxylic acids is 1. The molecule has 41 heavy (non-hydrogen) atoms. The molecule has 1 saturated heterocycles. The van der Waals surface area contributed by atoms with Crippen molar-refractivity contribution in [1.82, 2.24) is 14.8 Å². The van der Waals surface area contributed by atoms with Crippen LogP contribution in [0.1, 0.15) is 50.7 Å². The van der Waals surface area contributed by atoms with Crippen LogP contribution in [0.2, 0.25) is 0 Å². The minimum atomic E-state index is -0.649. The number of pyridine rings is 1. The smallest absolute Gasteiger partial charge is 0.410 e. The third kappa shape index (κ3) is 6.78. The van der Waals surface area contributed by atoms with Crippen molar-refractivity contribution < 1.29 is 27.8 Å². The van der Waals surface area contributed by atoms with Gasteiger partial charge < -0.3 is 24.0 Å². The molecule has 0 bridgehead atoms. The Hall–Kier alpha value is -3.72. The first-order chi connectivity index (χ1) is 19.6. The molecule has 2 aromatic carbocycles. The van der Waals surface area contributed by atoms with Gasteiger partial charge in [0.2, 0.25) is 5.88 Å². The number of rotatable bonds is 7. The maximum absolute atomic E-state index is 14.1. The van der Waals surface area contributed by atoms with E-state index in [9.17, 15) is 13.6 Å². The van der Waals surface area contributed by atoms with Gasteiger partial charge in [-0.2, -0.15) is 0 Å². The minimum absolute atomic E-state index is 0.0398. The molecule has 9 heteroatoms. The van der Waals surface area contributed by atoms with E-state index in [1.807, 2.05) is 45.0 Å². The number of hydrogen-bond donors (Lipinski definition) is 0. The van der Waals surface area contributed by atoms with Gasteiger partial charge in [0.05, 0.1) is 19.2 Å². The minimum Gasteiger partial charge on any atom is -0.493 e. The number of amides is 1. The Labute approximate surface area is 239 Å². The Bertz CT molecular complexity index is 1430. The summed E-state index contributed by atoms with van der Waals surface area (Å²) in [7, 11) is 1.62. The number of halogens is 2. The number of piperidine rings is 1. The first kappa shape index (κ1) is 28.8. The average molecular weight is 566 g/mol. The van der Waals surface area contributed by atoms with E-state index in [1.54, 1.807) is 18.1 Å². The van der Waals surface area contributed by atoms with Gasteiger partial charge in [0.1, 0.15) is 23.0 Å². The van der Waals surface area contributed by atoms with Crippen molar-refractivity contribution in [1.29, 1.82) is 0 Å². The van der Waals surface area contributed by atoms with E-state index in [0.717, 1.165) is 72.9 Å². The van der Waals surface area contributed by atoms with E-state index < -0.39 is 23.3 Å². The van der Waals surface area contributed by atoms with Crippen LogP contribution < -0.4 is 9.47 Å². The topological polar surface area (TPSA) is 64.1 Å². The standard InChI is InChI=1S/C32H37F2N3O4/c1-32(2,3)41-31(38)37(15-5-6-22-18-24(33)9-10-26(22)34)25-13-16-36(17-14-25)19-23-20-40-27-11-7-21-8-12-28(39-4)35-30(21)29(23)27/h5-12,18,23,25H,13-17,19-20H2,1-4H3. The zero-order valence-electron chi connectivity index (χ0n) is 24.0. The molecule has 0 saturated carbocycles. The van der Waals surface area contributed by atoms with Crippen molar-refractivity contribution in [2.75, 3.05) is 39.9 Å². The number of likely N-dealkylation sites (tertiary alicyclic amines) is 1. The summed E-state index contributed by atoms with van der Waals surface area (Å²) in [6.07, 6.45) is 4.32. The number of carbonyl (C=O) groups is 1. The number of nitrogens with zero attached hydrogens (tertiary/aromatic N) is 3. The van der Waals surface area contributed by atoms with Crippen molar-refractivity contribution >= 4 is 23.1 Å². The molecule has 7 nitrogen and oxygen atoms in total. The van der Waals surface area contributed by atoms with E-state index in [0.29, 0.717) is 12.5 Å². The van der Waals surface area contributed by atoms with Crippen LogP contribution in [0.3, 0.4) is 0 Å². The van der Waals surface area contributed by atoms with Crippen LogP contribution >= 0.6 is 0 Å². The van der Waals surface area contributed by atoms with Gasteiger partial charge in [0, 0.05) is 60.7 Å². The second kappa shape index (κ2) is 12.0. The average Bonchev–Trinajstić information content (AvgIpc) is 3.35. The highest BCUT2D eigenvalue weighted by Crippen LogP contribution is 2.40. The van der Waals surface area contributed by atoms with E-state index in [4.69, 9.17) is 19.2 Å². The zero-order chi connectivity index (χ0) is 29.1. The van der Waals surface area contributed by atoms with Crippen molar-refractivity contribution in [3.8, 4) is 11.6 Å². The summed E-state index contributed by atoms with van der Waals surface area (Å²) in [5, 5.41) is 1.05. The molecule has 3 heterocycles. The molecule has 1 atom stereocenters. The number of benzene rings is 2. The molecule has 2 aliphatic rings. The first-order valence-electron chi connectivity index (χ1n) is 14.1. The molecule has 1 amide bonds. The molecule has 3 aromatic rings. The molecule has 0 N–H and O–H groups in total. The van der Waals surface area contributed by atoms with Gasteiger partial charge in [-0.15, -0.1) is 0 Å². The fourth-order valence-corrected chi connectivity index (χ4v) is 5.58. The predicted octanol–water partition coefficient (Wildman–Crippen LogP) is 6.41. The van der Waals surface area contributed by atoms with Gasteiger partial charge in [-0.25, -0.2) is 18.6 Å². The van der Waals surface area contributed by atoms with Crippen LogP contribution in [0, 0.1) is 11.6 Å². The van der Waals surface area contributed by atoms with Crippen molar-refractivity contribution in [3.05, 3.63) is 71.3 Å². The summed E-state index contributed by atoms with van der Waals surface area (Å²) in [5.41, 5.74) is 1.53. The van der Waals surface area contributed by atoms with Gasteiger partial charge in [0.25, 0.3) is 0 Å². The molecule has 1 fully saturated rings. The lowest BCUT2D eigenvalue weighted by atomic mass is 9.95. The Kier molecular flexibility index (Phi) is 8.45. The van der Waals surface area contributed by atoms with Crippen LogP contribution in [-0.4, -0.2) is 72.4 Å². The van der Waals surface area contributed by atoms with Crippen LogP contribution in [0.15, 0.2) is 48.5 Å². The van der Waals surface area contributed by atoms with Gasteiger partial charge >= 0.3 is 6.09 Å². The lowest BCUT2D eigenvalue weighted by Crippen LogP contribution is -2.49. The molecular formula is C32H37F2N3O4. The fourth-order valence-electron chi connectivity index (χ4n) is 5.58. The molecular weight excluding hydrogens is 528 g/mol. The molecule has 1 unspecified atom stereocenters. The Morgan fingerprint density at radius 1 is 1.15 bits per heavy atom. The highest BCUT2D eigenvalue weighted by atomic mass is 19.1. The lowest BCUT2D eigenvalue weighted by Gasteiger charge is -2.39. The Morgan fingerprint density at radius 2 is 1.90 bits per heavy atom. The van der Waals surface area contributed by atoms with E-state index >= 15 is 0 Å². The quantitative estimate of drug-likeness (QED) is 0.330. The SMILES string of the molecule is COc1ccc2ccc3c(c2n1)C(CN1CCC(N(CC=Cc2cc(F)ccc2F)C(=O)OC(C)(C)C)CC1)CO3. The van der Waals surface area contributed by atoms with Crippen molar-refractivity contribution in [3.63, 3.8) is 0 Å². The highest BCUT2D eigenvalue weighted by Gasteiger charge is 2.34. The number of methoxy groups -OCH3 is 1. The molecule has 1 aromatic heterocycles. The number of aromatic nitrogens is 1. The molecule has 0 radical (unpaired) electrons. The summed E-state index contributed by atoms with van der Waals surface area (Å²) in [6.45, 7) is 8.76. The number of hydrogen-bond acceptors (Lipinski definition) is 6. The van der Waals surface area contributed by atoms with Gasteiger partial charge in [-0.3, -0.25) is 0 Å². The summed E-state index contributed by atoms with van der Waals surface area (Å²) >= 11 is 0. The Morgan fingerprint density at radius 3 is 2.63 bits per heavy atom. The summed E-state index contributed by atoms with van der Waals surface area (Å²) in [6, 6.07) is 11.2. The first-order valence-corrected chi connectivity index (χ1v) is 14.1.